The summed E-state index contributed by atoms with van der Waals surface area (Å²) in [4.78, 5) is 16.5. The van der Waals surface area contributed by atoms with Crippen molar-refractivity contribution in [1.82, 2.24) is 14.7 Å². The van der Waals surface area contributed by atoms with Crippen LogP contribution in [0.1, 0.15) is 36.3 Å². The molecule has 124 valence electrons. The van der Waals surface area contributed by atoms with Crippen LogP contribution in [-0.4, -0.2) is 21.3 Å². The molecule has 0 aliphatic rings. The number of nitrogens with zero attached hydrogens (tertiary/aromatic N) is 2. The highest BCUT2D eigenvalue weighted by Crippen LogP contribution is 2.15. The van der Waals surface area contributed by atoms with E-state index >= 15 is 0 Å². The van der Waals surface area contributed by atoms with Crippen molar-refractivity contribution in [2.24, 2.45) is 0 Å². The number of amides is 1. The molecule has 3 rings (SSSR count). The molecule has 1 amide bonds. The molecule has 0 unspecified atom stereocenters. The highest BCUT2D eigenvalue weighted by Gasteiger charge is 2.08. The van der Waals surface area contributed by atoms with Gasteiger partial charge >= 0.3 is 0 Å². The second-order valence-corrected chi connectivity index (χ2v) is 5.79. The number of nitrogens with one attached hydrogen (secondary N) is 1. The molecule has 2 aromatic heterocycles. The van der Waals surface area contributed by atoms with Gasteiger partial charge in [0.15, 0.2) is 0 Å². The summed E-state index contributed by atoms with van der Waals surface area (Å²) in [5.41, 5.74) is 2.39. The van der Waals surface area contributed by atoms with Crippen LogP contribution < -0.4 is 10.1 Å². The first-order valence-corrected chi connectivity index (χ1v) is 8.12. The minimum absolute atomic E-state index is 0.0590. The molecule has 0 fully saturated rings. The lowest BCUT2D eigenvalue weighted by atomic mass is 10.2. The third-order valence-corrected chi connectivity index (χ3v) is 3.91. The van der Waals surface area contributed by atoms with Gasteiger partial charge in [-0.25, -0.2) is 4.98 Å². The molecular formula is C19H21N3O2. The van der Waals surface area contributed by atoms with E-state index in [1.54, 1.807) is 24.3 Å². The van der Waals surface area contributed by atoms with Gasteiger partial charge in [-0.15, -0.1) is 0 Å². The Hall–Kier alpha value is -2.82. The van der Waals surface area contributed by atoms with E-state index in [4.69, 9.17) is 4.74 Å². The Morgan fingerprint density at radius 1 is 1.25 bits per heavy atom. The van der Waals surface area contributed by atoms with Gasteiger partial charge in [-0.1, -0.05) is 13.0 Å². The Kier molecular flexibility index (Phi) is 4.79. The number of aromatic nitrogens is 2. The van der Waals surface area contributed by atoms with E-state index in [2.05, 4.69) is 10.3 Å². The van der Waals surface area contributed by atoms with E-state index in [-0.39, 0.29) is 11.9 Å². The Morgan fingerprint density at radius 2 is 2.04 bits per heavy atom. The third-order valence-electron chi connectivity index (χ3n) is 3.91. The zero-order valence-corrected chi connectivity index (χ0v) is 13.9. The zero-order chi connectivity index (χ0) is 16.9. The Balaban J connectivity index is 1.60. The Bertz CT molecular complexity index is 791. The number of hydrogen-bond donors (Lipinski definition) is 1. The number of pyridine rings is 1. The number of imidazole rings is 1. The van der Waals surface area contributed by atoms with Crippen LogP contribution in [0, 0.1) is 0 Å². The van der Waals surface area contributed by atoms with E-state index in [9.17, 15) is 4.79 Å². The first kappa shape index (κ1) is 16.1. The number of hydrogen-bond acceptors (Lipinski definition) is 3. The van der Waals surface area contributed by atoms with Crippen LogP contribution in [0.15, 0.2) is 54.9 Å². The van der Waals surface area contributed by atoms with Crippen molar-refractivity contribution >= 4 is 11.6 Å². The van der Waals surface area contributed by atoms with Gasteiger partial charge in [0.2, 0.25) is 0 Å². The largest absolute Gasteiger partial charge is 0.487 e. The predicted molar refractivity (Wildman–Crippen MR) is 93.2 cm³/mol. The number of ether oxygens (including phenoxy) is 1. The quantitative estimate of drug-likeness (QED) is 0.756. The normalized spacial score (nSPS) is 12.1. The van der Waals surface area contributed by atoms with Gasteiger partial charge in [-0.05, 0) is 49.7 Å². The molecule has 1 N–H and O–H groups in total. The molecule has 0 radical (unpaired) electrons. The molecule has 0 saturated heterocycles. The molecule has 1 atom stereocenters. The molecule has 0 saturated carbocycles. The van der Waals surface area contributed by atoms with E-state index in [0.717, 1.165) is 17.8 Å². The topological polar surface area (TPSA) is 55.6 Å². The van der Waals surface area contributed by atoms with Crippen LogP contribution in [0.2, 0.25) is 0 Å². The zero-order valence-electron chi connectivity index (χ0n) is 13.9. The SMILES string of the molecule is CC[C@H](C)NC(=O)c1ccc(OCc2cn3ccccc3n2)cc1. The maximum atomic E-state index is 12.0. The van der Waals surface area contributed by atoms with Crippen molar-refractivity contribution in [3.8, 4) is 5.75 Å². The number of rotatable bonds is 6. The fraction of sp³-hybridized carbons (Fsp3) is 0.263. The van der Waals surface area contributed by atoms with E-state index in [1.165, 1.54) is 0 Å². The molecule has 0 aliphatic carbocycles. The number of fused-ring (bicyclic) bond motifs is 1. The molecule has 24 heavy (non-hydrogen) atoms. The molecule has 5 nitrogen and oxygen atoms in total. The number of carbonyl (C=O) groups excluding carboxylic acids is 1. The fourth-order valence-corrected chi connectivity index (χ4v) is 2.33. The fourth-order valence-electron chi connectivity index (χ4n) is 2.33. The maximum Gasteiger partial charge on any atom is 0.251 e. The van der Waals surface area contributed by atoms with Crippen LogP contribution in [0.25, 0.3) is 5.65 Å². The lowest BCUT2D eigenvalue weighted by molar-refractivity contribution is 0.0939. The number of benzene rings is 1. The molecular weight excluding hydrogens is 302 g/mol. The molecule has 2 heterocycles. The smallest absolute Gasteiger partial charge is 0.251 e. The van der Waals surface area contributed by atoms with Gasteiger partial charge < -0.3 is 14.5 Å². The van der Waals surface area contributed by atoms with Crippen LogP contribution in [-0.2, 0) is 6.61 Å². The van der Waals surface area contributed by atoms with Crippen molar-refractivity contribution < 1.29 is 9.53 Å². The van der Waals surface area contributed by atoms with Gasteiger partial charge in [0, 0.05) is 24.0 Å². The summed E-state index contributed by atoms with van der Waals surface area (Å²) in [7, 11) is 0. The van der Waals surface area contributed by atoms with Crippen LogP contribution in [0.5, 0.6) is 5.75 Å². The third kappa shape index (κ3) is 3.74. The highest BCUT2D eigenvalue weighted by molar-refractivity contribution is 5.94. The lowest BCUT2D eigenvalue weighted by Crippen LogP contribution is -2.31. The van der Waals surface area contributed by atoms with Gasteiger partial charge in [-0.3, -0.25) is 4.79 Å². The van der Waals surface area contributed by atoms with E-state index in [1.807, 2.05) is 48.8 Å². The molecule has 0 bridgehead atoms. The van der Waals surface area contributed by atoms with Crippen molar-refractivity contribution in [1.29, 1.82) is 0 Å². The predicted octanol–water partition coefficient (Wildman–Crippen LogP) is 3.44. The minimum atomic E-state index is -0.0590. The maximum absolute atomic E-state index is 12.0. The summed E-state index contributed by atoms with van der Waals surface area (Å²) in [6.45, 7) is 4.42. The molecule has 0 spiro atoms. The number of carbonyl (C=O) groups is 1. The molecule has 0 aliphatic heterocycles. The monoisotopic (exact) mass is 323 g/mol. The van der Waals surface area contributed by atoms with Gasteiger partial charge in [0.1, 0.15) is 18.0 Å². The van der Waals surface area contributed by atoms with E-state index < -0.39 is 0 Å². The Morgan fingerprint density at radius 3 is 2.75 bits per heavy atom. The first-order chi connectivity index (χ1) is 11.7. The van der Waals surface area contributed by atoms with Crippen molar-refractivity contribution in [3.63, 3.8) is 0 Å². The Labute approximate surface area is 141 Å². The van der Waals surface area contributed by atoms with Crippen LogP contribution in [0.4, 0.5) is 0 Å². The average Bonchev–Trinajstić information content (AvgIpc) is 3.03. The average molecular weight is 323 g/mol. The summed E-state index contributed by atoms with van der Waals surface area (Å²) in [6, 6.07) is 13.2. The van der Waals surface area contributed by atoms with Crippen molar-refractivity contribution in [3.05, 3.63) is 66.1 Å². The van der Waals surface area contributed by atoms with Gasteiger partial charge in [0.05, 0.1) is 5.69 Å². The lowest BCUT2D eigenvalue weighted by Gasteiger charge is -2.11. The summed E-state index contributed by atoms with van der Waals surface area (Å²) < 4.78 is 7.71. The molecule has 1 aromatic carbocycles. The summed E-state index contributed by atoms with van der Waals surface area (Å²) >= 11 is 0. The van der Waals surface area contributed by atoms with Crippen molar-refractivity contribution in [2.75, 3.05) is 0 Å². The van der Waals surface area contributed by atoms with Crippen molar-refractivity contribution in [2.45, 2.75) is 32.9 Å². The molecule has 5 heteroatoms. The molecule has 3 aromatic rings. The van der Waals surface area contributed by atoms with Gasteiger partial charge in [-0.2, -0.15) is 0 Å². The summed E-state index contributed by atoms with van der Waals surface area (Å²) in [5.74, 6) is 0.656. The van der Waals surface area contributed by atoms with Gasteiger partial charge in [0.25, 0.3) is 5.91 Å². The van der Waals surface area contributed by atoms with Crippen LogP contribution in [0.3, 0.4) is 0 Å². The second kappa shape index (κ2) is 7.17. The standard InChI is InChI=1S/C19H21N3O2/c1-3-14(2)20-19(23)15-7-9-17(10-8-15)24-13-16-12-22-11-5-4-6-18(22)21-16/h4-12,14H,3,13H2,1-2H3,(H,20,23)/t14-/m0/s1. The second-order valence-electron chi connectivity index (χ2n) is 5.79. The highest BCUT2D eigenvalue weighted by atomic mass is 16.5. The van der Waals surface area contributed by atoms with Crippen LogP contribution >= 0.6 is 0 Å². The minimum Gasteiger partial charge on any atom is -0.487 e. The first-order valence-electron chi connectivity index (χ1n) is 8.12. The van der Waals surface area contributed by atoms with E-state index in [0.29, 0.717) is 17.9 Å². The summed E-state index contributed by atoms with van der Waals surface area (Å²) in [5, 5.41) is 2.95. The summed E-state index contributed by atoms with van der Waals surface area (Å²) in [6.07, 6.45) is 4.81.